The minimum atomic E-state index is -1.42. The van der Waals surface area contributed by atoms with E-state index in [1.807, 2.05) is 30.5 Å². The quantitative estimate of drug-likeness (QED) is 0.166. The Balaban J connectivity index is 1.97. The monoisotopic (exact) mass is 535 g/mol. The lowest BCUT2D eigenvalue weighted by Gasteiger charge is -2.23. The number of benzene rings is 1. The Labute approximate surface area is 218 Å². The Morgan fingerprint density at radius 2 is 1.65 bits per heavy atom. The lowest BCUT2D eigenvalue weighted by Crippen LogP contribution is -2.56. The van der Waals surface area contributed by atoms with Crippen LogP contribution in [0.15, 0.2) is 30.5 Å². The van der Waals surface area contributed by atoms with Crippen LogP contribution in [0, 0.1) is 0 Å². The normalized spacial score (nSPS) is 14.2. The molecule has 0 saturated carbocycles. The Bertz CT molecular complexity index is 1120. The standard InChI is InChI=1S/C24H33N5O7S/c1-13(27-22(33)16(25)11-14-12-26-17-6-4-3-5-15(14)17)21(32)28-18(9-10-37-2)23(34)29-19(24(35)36)7-8-20(30)31/h3-6,12-13,16,18-19,26H,7-11,25H2,1-2H3,(H,27,33)(H,28,32)(H,29,34)(H,30,31)(H,35,36). The van der Waals surface area contributed by atoms with Gasteiger partial charge in [0.05, 0.1) is 6.04 Å². The number of nitrogens with two attached hydrogens (primary N) is 1. The van der Waals surface area contributed by atoms with Crippen molar-refractivity contribution in [2.24, 2.45) is 5.73 Å². The van der Waals surface area contributed by atoms with Gasteiger partial charge in [-0.2, -0.15) is 11.8 Å². The summed E-state index contributed by atoms with van der Waals surface area (Å²) in [5, 5.41) is 26.4. The Morgan fingerprint density at radius 1 is 0.973 bits per heavy atom. The number of hydrogen-bond donors (Lipinski definition) is 7. The van der Waals surface area contributed by atoms with Gasteiger partial charge in [0.15, 0.2) is 0 Å². The van der Waals surface area contributed by atoms with Crippen LogP contribution in [0.3, 0.4) is 0 Å². The molecule has 2 rings (SSSR count). The zero-order chi connectivity index (χ0) is 27.5. The van der Waals surface area contributed by atoms with E-state index in [0.717, 1.165) is 16.5 Å². The summed E-state index contributed by atoms with van der Waals surface area (Å²) in [5.74, 6) is -4.03. The lowest BCUT2D eigenvalue weighted by molar-refractivity contribution is -0.143. The van der Waals surface area contributed by atoms with Crippen LogP contribution < -0.4 is 21.7 Å². The van der Waals surface area contributed by atoms with Crippen molar-refractivity contribution in [3.05, 3.63) is 36.0 Å². The van der Waals surface area contributed by atoms with Gasteiger partial charge in [-0.25, -0.2) is 4.79 Å². The molecule has 2 aromatic rings. The molecule has 1 aromatic carbocycles. The maximum atomic E-state index is 12.8. The number of para-hydroxylation sites is 1. The first-order chi connectivity index (χ1) is 17.5. The Hall–Kier alpha value is -3.58. The van der Waals surface area contributed by atoms with E-state index in [9.17, 15) is 29.1 Å². The third-order valence-corrected chi connectivity index (χ3v) is 6.35. The minimum absolute atomic E-state index is 0.199. The first-order valence-corrected chi connectivity index (χ1v) is 13.1. The number of aliphatic carboxylic acids is 2. The van der Waals surface area contributed by atoms with E-state index >= 15 is 0 Å². The van der Waals surface area contributed by atoms with E-state index in [4.69, 9.17) is 10.8 Å². The summed E-state index contributed by atoms with van der Waals surface area (Å²) in [6.07, 6.45) is 3.29. The third-order valence-electron chi connectivity index (χ3n) is 5.71. The highest BCUT2D eigenvalue weighted by molar-refractivity contribution is 7.98. The van der Waals surface area contributed by atoms with E-state index in [1.54, 1.807) is 6.20 Å². The van der Waals surface area contributed by atoms with Crippen molar-refractivity contribution in [2.75, 3.05) is 12.0 Å². The van der Waals surface area contributed by atoms with E-state index < -0.39 is 60.2 Å². The highest BCUT2D eigenvalue weighted by Gasteiger charge is 2.29. The number of carboxylic acid groups (broad SMARTS) is 2. The maximum absolute atomic E-state index is 12.8. The van der Waals surface area contributed by atoms with Crippen LogP contribution in [0.2, 0.25) is 0 Å². The molecule has 8 N–H and O–H groups in total. The molecule has 0 radical (unpaired) electrons. The molecule has 0 fully saturated rings. The number of fused-ring (bicyclic) bond motifs is 1. The molecule has 0 spiro atoms. The third kappa shape index (κ3) is 9.10. The molecule has 0 aliphatic heterocycles. The predicted octanol–water partition coefficient (Wildman–Crippen LogP) is 0.215. The molecule has 0 aliphatic carbocycles. The number of rotatable bonds is 15. The molecule has 0 bridgehead atoms. The van der Waals surface area contributed by atoms with Crippen molar-refractivity contribution < 1.29 is 34.2 Å². The highest BCUT2D eigenvalue weighted by Crippen LogP contribution is 2.18. The number of carbonyl (C=O) groups excluding carboxylic acids is 3. The molecular weight excluding hydrogens is 502 g/mol. The number of H-pyrrole nitrogens is 1. The zero-order valence-corrected chi connectivity index (χ0v) is 21.5. The topological polar surface area (TPSA) is 204 Å². The number of nitrogens with one attached hydrogen (secondary N) is 4. The van der Waals surface area contributed by atoms with Gasteiger partial charge in [0, 0.05) is 23.5 Å². The fraction of sp³-hybridized carbons (Fsp3) is 0.458. The second-order valence-electron chi connectivity index (χ2n) is 8.57. The summed E-state index contributed by atoms with van der Waals surface area (Å²) in [7, 11) is 0. The molecule has 4 atom stereocenters. The number of amides is 3. The van der Waals surface area contributed by atoms with Crippen LogP contribution >= 0.6 is 11.8 Å². The number of aromatic nitrogens is 1. The van der Waals surface area contributed by atoms with Crippen LogP contribution in [0.4, 0.5) is 0 Å². The molecule has 202 valence electrons. The average Bonchev–Trinajstić information content (AvgIpc) is 3.26. The number of carboxylic acids is 2. The minimum Gasteiger partial charge on any atom is -0.481 e. The zero-order valence-electron chi connectivity index (χ0n) is 20.7. The second kappa shape index (κ2) is 14.2. The number of aromatic amines is 1. The van der Waals surface area contributed by atoms with Gasteiger partial charge in [-0.05, 0) is 49.8 Å². The van der Waals surface area contributed by atoms with Gasteiger partial charge in [-0.1, -0.05) is 18.2 Å². The molecule has 4 unspecified atom stereocenters. The van der Waals surface area contributed by atoms with Crippen molar-refractivity contribution in [3.8, 4) is 0 Å². The van der Waals surface area contributed by atoms with Crippen molar-refractivity contribution in [3.63, 3.8) is 0 Å². The Morgan fingerprint density at radius 3 is 2.30 bits per heavy atom. The van der Waals surface area contributed by atoms with Crippen LogP contribution in [-0.2, 0) is 30.4 Å². The molecule has 0 saturated heterocycles. The van der Waals surface area contributed by atoms with Crippen molar-refractivity contribution in [2.45, 2.75) is 56.8 Å². The molecule has 3 amide bonds. The Kier molecular flexibility index (Phi) is 11.4. The first kappa shape index (κ1) is 29.6. The number of hydrogen-bond acceptors (Lipinski definition) is 7. The fourth-order valence-electron chi connectivity index (χ4n) is 3.61. The summed E-state index contributed by atoms with van der Waals surface area (Å²) in [6.45, 7) is 1.45. The van der Waals surface area contributed by atoms with Crippen LogP contribution in [0.5, 0.6) is 0 Å². The van der Waals surface area contributed by atoms with Crippen molar-refractivity contribution in [1.29, 1.82) is 0 Å². The summed E-state index contributed by atoms with van der Waals surface area (Å²) in [6, 6.07) is 3.15. The van der Waals surface area contributed by atoms with Crippen LogP contribution in [-0.4, -0.2) is 81.0 Å². The van der Waals surface area contributed by atoms with E-state index in [0.29, 0.717) is 5.75 Å². The van der Waals surface area contributed by atoms with Crippen LogP contribution in [0.1, 0.15) is 31.7 Å². The molecule has 12 nitrogen and oxygen atoms in total. The van der Waals surface area contributed by atoms with E-state index in [-0.39, 0.29) is 19.3 Å². The predicted molar refractivity (Wildman–Crippen MR) is 139 cm³/mol. The lowest BCUT2D eigenvalue weighted by atomic mass is 10.0. The highest BCUT2D eigenvalue weighted by atomic mass is 32.2. The number of carbonyl (C=O) groups is 5. The fourth-order valence-corrected chi connectivity index (χ4v) is 4.09. The summed E-state index contributed by atoms with van der Waals surface area (Å²) < 4.78 is 0. The maximum Gasteiger partial charge on any atom is 0.326 e. The average molecular weight is 536 g/mol. The smallest absolute Gasteiger partial charge is 0.326 e. The molecule has 1 heterocycles. The van der Waals surface area contributed by atoms with E-state index in [2.05, 4.69) is 20.9 Å². The van der Waals surface area contributed by atoms with Gasteiger partial charge < -0.3 is 36.9 Å². The van der Waals surface area contributed by atoms with Gasteiger partial charge in [-0.15, -0.1) is 0 Å². The molecule has 13 heteroatoms. The molecule has 37 heavy (non-hydrogen) atoms. The SMILES string of the molecule is CSCCC(NC(=O)C(C)NC(=O)C(N)Cc1c[nH]c2ccccc12)C(=O)NC(CCC(=O)O)C(=O)O. The van der Waals surface area contributed by atoms with Gasteiger partial charge >= 0.3 is 11.9 Å². The van der Waals surface area contributed by atoms with Gasteiger partial charge in [-0.3, -0.25) is 19.2 Å². The molecular formula is C24H33N5O7S. The van der Waals surface area contributed by atoms with Gasteiger partial charge in [0.1, 0.15) is 18.1 Å². The molecule has 1 aromatic heterocycles. The summed E-state index contributed by atoms with van der Waals surface area (Å²) in [4.78, 5) is 63.4. The number of thioether (sulfide) groups is 1. The summed E-state index contributed by atoms with van der Waals surface area (Å²) in [5.41, 5.74) is 7.85. The van der Waals surface area contributed by atoms with Crippen LogP contribution in [0.25, 0.3) is 10.9 Å². The second-order valence-corrected chi connectivity index (χ2v) is 9.56. The first-order valence-electron chi connectivity index (χ1n) is 11.7. The van der Waals surface area contributed by atoms with Crippen molar-refractivity contribution in [1.82, 2.24) is 20.9 Å². The van der Waals surface area contributed by atoms with Crippen molar-refractivity contribution >= 4 is 52.3 Å². The molecule has 0 aliphatic rings. The van der Waals surface area contributed by atoms with Gasteiger partial charge in [0.25, 0.3) is 0 Å². The largest absolute Gasteiger partial charge is 0.481 e. The summed E-state index contributed by atoms with van der Waals surface area (Å²) >= 11 is 1.42. The van der Waals surface area contributed by atoms with E-state index in [1.165, 1.54) is 18.7 Å². The van der Waals surface area contributed by atoms with Gasteiger partial charge in [0.2, 0.25) is 17.7 Å².